The highest BCUT2D eigenvalue weighted by atomic mass is 79.9. The zero-order valence-corrected chi connectivity index (χ0v) is 7.28. The van der Waals surface area contributed by atoms with Gasteiger partial charge in [0.15, 0.2) is 5.69 Å². The van der Waals surface area contributed by atoms with Gasteiger partial charge in [0.05, 0.1) is 0 Å². The third-order valence-electron chi connectivity index (χ3n) is 1.42. The molecule has 2 heterocycles. The molecule has 5 nitrogen and oxygen atoms in total. The quantitative estimate of drug-likeness (QED) is 0.804. The molecule has 0 bridgehead atoms. The van der Waals surface area contributed by atoms with E-state index in [9.17, 15) is 4.79 Å². The Morgan fingerprint density at radius 2 is 2.50 bits per heavy atom. The van der Waals surface area contributed by atoms with Crippen molar-refractivity contribution >= 4 is 27.7 Å². The molecule has 2 aromatic heterocycles. The monoisotopic (exact) mass is 230 g/mol. The van der Waals surface area contributed by atoms with Crippen LogP contribution < -0.4 is 0 Å². The highest BCUT2D eigenvalue weighted by Gasteiger charge is 2.17. The third-order valence-corrected chi connectivity index (χ3v) is 1.98. The molecular weight excluding hydrogens is 228 g/mol. The van der Waals surface area contributed by atoms with Crippen molar-refractivity contribution in [2.24, 2.45) is 0 Å². The highest BCUT2D eigenvalue weighted by molar-refractivity contribution is 9.10. The second kappa shape index (κ2) is 2.34. The van der Waals surface area contributed by atoms with Gasteiger partial charge in [-0.1, -0.05) is 0 Å². The fourth-order valence-electron chi connectivity index (χ4n) is 0.951. The molecular formula is C6H3BrN2O3. The Morgan fingerprint density at radius 3 is 3.17 bits per heavy atom. The van der Waals surface area contributed by atoms with Gasteiger partial charge in [-0.3, -0.25) is 4.40 Å². The van der Waals surface area contributed by atoms with Gasteiger partial charge >= 0.3 is 11.8 Å². The van der Waals surface area contributed by atoms with Crippen molar-refractivity contribution in [3.8, 4) is 0 Å². The Kier molecular flexibility index (Phi) is 1.44. The van der Waals surface area contributed by atoms with Gasteiger partial charge in [0, 0.05) is 6.20 Å². The van der Waals surface area contributed by atoms with Crippen LogP contribution in [0.5, 0.6) is 0 Å². The van der Waals surface area contributed by atoms with Crippen LogP contribution in [0.4, 0.5) is 0 Å². The lowest BCUT2D eigenvalue weighted by Gasteiger charge is -1.88. The summed E-state index contributed by atoms with van der Waals surface area (Å²) in [4.78, 5) is 14.5. The van der Waals surface area contributed by atoms with Crippen LogP contribution in [-0.4, -0.2) is 20.5 Å². The highest BCUT2D eigenvalue weighted by Crippen LogP contribution is 2.18. The second-order valence-corrected chi connectivity index (χ2v) is 2.86. The Balaban J connectivity index is 2.84. The van der Waals surface area contributed by atoms with Gasteiger partial charge in [-0.25, -0.2) is 4.79 Å². The van der Waals surface area contributed by atoms with Crippen LogP contribution >= 0.6 is 15.9 Å². The van der Waals surface area contributed by atoms with Crippen molar-refractivity contribution in [1.82, 2.24) is 9.38 Å². The maximum Gasteiger partial charge on any atom is 0.355 e. The molecule has 1 N–H and O–H groups in total. The van der Waals surface area contributed by atoms with Crippen molar-refractivity contribution in [2.75, 3.05) is 0 Å². The number of oxazole rings is 1. The van der Waals surface area contributed by atoms with Crippen molar-refractivity contribution in [2.45, 2.75) is 0 Å². The minimum absolute atomic E-state index is 0.0683. The van der Waals surface area contributed by atoms with E-state index in [1.807, 2.05) is 0 Å². The summed E-state index contributed by atoms with van der Waals surface area (Å²) in [5.41, 5.74) is 0.0683. The molecule has 0 saturated heterocycles. The number of imidazole rings is 1. The average molecular weight is 231 g/mol. The molecule has 0 spiro atoms. The third kappa shape index (κ3) is 0.845. The first-order valence-corrected chi connectivity index (χ1v) is 3.84. The number of aromatic nitrogens is 2. The summed E-state index contributed by atoms with van der Waals surface area (Å²) in [5.74, 6) is -0.782. The molecule has 62 valence electrons. The van der Waals surface area contributed by atoms with Crippen LogP contribution in [0.2, 0.25) is 0 Å². The molecule has 12 heavy (non-hydrogen) atoms. The average Bonchev–Trinajstić information content (AvgIpc) is 2.44. The molecule has 0 aliphatic rings. The molecule has 0 amide bonds. The predicted octanol–water partition coefficient (Wildman–Crippen LogP) is 1.39. The Morgan fingerprint density at radius 1 is 1.75 bits per heavy atom. The summed E-state index contributed by atoms with van der Waals surface area (Å²) in [6, 6.07) is 0. The van der Waals surface area contributed by atoms with Crippen LogP contribution in [0.1, 0.15) is 10.5 Å². The molecule has 0 fully saturated rings. The molecule has 2 rings (SSSR count). The number of carbonyl (C=O) groups is 1. The standard InChI is InChI=1S/C6H3BrN2O3/c7-4-3(5(10)11)9-1-2-12-6(9)8-4/h1-2H,(H,10,11). The minimum Gasteiger partial charge on any atom is -0.476 e. The zero-order valence-electron chi connectivity index (χ0n) is 5.69. The van der Waals surface area contributed by atoms with Crippen molar-refractivity contribution in [1.29, 1.82) is 0 Å². The topological polar surface area (TPSA) is 67.7 Å². The molecule has 0 aromatic carbocycles. The molecule has 0 atom stereocenters. The molecule has 0 radical (unpaired) electrons. The summed E-state index contributed by atoms with van der Waals surface area (Å²) in [5, 5.41) is 8.74. The summed E-state index contributed by atoms with van der Waals surface area (Å²) >= 11 is 3.02. The van der Waals surface area contributed by atoms with E-state index in [0.29, 0.717) is 0 Å². The molecule has 0 aliphatic heterocycles. The van der Waals surface area contributed by atoms with Gasteiger partial charge in [0.25, 0.3) is 0 Å². The molecule has 6 heteroatoms. The van der Waals surface area contributed by atoms with E-state index in [-0.39, 0.29) is 16.1 Å². The molecule has 0 unspecified atom stereocenters. The van der Waals surface area contributed by atoms with Gasteiger partial charge in [-0.2, -0.15) is 4.98 Å². The fourth-order valence-corrected chi connectivity index (χ4v) is 1.46. The lowest BCUT2D eigenvalue weighted by atomic mass is 10.5. The van der Waals surface area contributed by atoms with Gasteiger partial charge in [0.2, 0.25) is 0 Å². The summed E-state index contributed by atoms with van der Waals surface area (Å²) in [6.45, 7) is 0. The summed E-state index contributed by atoms with van der Waals surface area (Å²) in [6.07, 6.45) is 2.87. The fraction of sp³-hybridized carbons (Fsp3) is 0. The number of hydrogen-bond acceptors (Lipinski definition) is 3. The number of carboxylic acids is 1. The predicted molar refractivity (Wildman–Crippen MR) is 42.1 cm³/mol. The van der Waals surface area contributed by atoms with Crippen LogP contribution in [0, 0.1) is 0 Å². The second-order valence-electron chi connectivity index (χ2n) is 2.11. The van der Waals surface area contributed by atoms with Crippen LogP contribution in [0.25, 0.3) is 5.84 Å². The number of aromatic carboxylic acids is 1. The van der Waals surface area contributed by atoms with Crippen molar-refractivity contribution < 1.29 is 14.3 Å². The molecule has 0 aliphatic carbocycles. The zero-order chi connectivity index (χ0) is 8.72. The lowest BCUT2D eigenvalue weighted by molar-refractivity contribution is 0.0688. The number of hydrogen-bond donors (Lipinski definition) is 1. The molecule has 0 saturated carbocycles. The maximum absolute atomic E-state index is 10.7. The van der Waals surface area contributed by atoms with Gasteiger partial charge in [0.1, 0.15) is 10.9 Å². The maximum atomic E-state index is 10.7. The SMILES string of the molecule is O=C(O)c1c(Br)nc2occn12. The Bertz CT molecular complexity index is 445. The van der Waals surface area contributed by atoms with Crippen LogP contribution in [0.3, 0.4) is 0 Å². The van der Waals surface area contributed by atoms with E-state index in [2.05, 4.69) is 20.9 Å². The van der Waals surface area contributed by atoms with Crippen LogP contribution in [-0.2, 0) is 0 Å². The first-order chi connectivity index (χ1) is 5.70. The largest absolute Gasteiger partial charge is 0.476 e. The number of nitrogens with zero attached hydrogens (tertiary/aromatic N) is 2. The first-order valence-electron chi connectivity index (χ1n) is 3.04. The number of rotatable bonds is 1. The van der Waals surface area contributed by atoms with Crippen molar-refractivity contribution in [3.63, 3.8) is 0 Å². The van der Waals surface area contributed by atoms with E-state index in [1.54, 1.807) is 0 Å². The van der Waals surface area contributed by atoms with Crippen molar-refractivity contribution in [3.05, 3.63) is 22.8 Å². The Hall–Kier alpha value is -1.30. The van der Waals surface area contributed by atoms with Gasteiger partial charge in [-0.05, 0) is 15.9 Å². The summed E-state index contributed by atoms with van der Waals surface area (Å²) < 4.78 is 6.51. The lowest BCUT2D eigenvalue weighted by Crippen LogP contribution is -2.00. The first kappa shape index (κ1) is 7.35. The summed E-state index contributed by atoms with van der Waals surface area (Å²) in [7, 11) is 0. The Labute approximate surface area is 74.8 Å². The molecule has 2 aromatic rings. The van der Waals surface area contributed by atoms with E-state index in [1.165, 1.54) is 16.9 Å². The van der Waals surface area contributed by atoms with E-state index < -0.39 is 5.97 Å². The number of fused-ring (bicyclic) bond motifs is 1. The van der Waals surface area contributed by atoms with E-state index >= 15 is 0 Å². The minimum atomic E-state index is -1.05. The smallest absolute Gasteiger partial charge is 0.355 e. The normalized spacial score (nSPS) is 10.8. The van der Waals surface area contributed by atoms with Gasteiger partial charge < -0.3 is 9.52 Å². The van der Waals surface area contributed by atoms with Gasteiger partial charge in [-0.15, -0.1) is 0 Å². The van der Waals surface area contributed by atoms with E-state index in [4.69, 9.17) is 9.52 Å². The number of halogens is 1. The van der Waals surface area contributed by atoms with E-state index in [0.717, 1.165) is 0 Å². The number of carboxylic acid groups (broad SMARTS) is 1. The van der Waals surface area contributed by atoms with Crippen LogP contribution in [0.15, 0.2) is 21.5 Å².